The van der Waals surface area contributed by atoms with Crippen LogP contribution in [0, 0.1) is 13.8 Å². The van der Waals surface area contributed by atoms with Crippen molar-refractivity contribution in [3.63, 3.8) is 0 Å². The molecule has 0 bridgehead atoms. The lowest BCUT2D eigenvalue weighted by Gasteiger charge is -2.11. The zero-order valence-electron chi connectivity index (χ0n) is 15.3. The number of hydrogen-bond donors (Lipinski definition) is 1. The highest BCUT2D eigenvalue weighted by Gasteiger charge is 2.17. The van der Waals surface area contributed by atoms with Crippen molar-refractivity contribution in [3.8, 4) is 11.3 Å². The first kappa shape index (κ1) is 18.5. The second-order valence-electron chi connectivity index (χ2n) is 6.69. The SMILES string of the molecule is Cc1ccn2cc(-c3ccc(NS(=O)(=O)c4cc(Cl)ccc4C)cc3)nc2c1. The van der Waals surface area contributed by atoms with Gasteiger partial charge in [-0.3, -0.25) is 4.72 Å². The second kappa shape index (κ2) is 6.96. The van der Waals surface area contributed by atoms with Crippen LogP contribution in [0.2, 0.25) is 5.02 Å². The van der Waals surface area contributed by atoms with E-state index in [0.717, 1.165) is 22.5 Å². The summed E-state index contributed by atoms with van der Waals surface area (Å²) in [5, 5.41) is 0.378. The molecule has 4 rings (SSSR count). The lowest BCUT2D eigenvalue weighted by molar-refractivity contribution is 0.600. The monoisotopic (exact) mass is 411 g/mol. The molecule has 5 nitrogen and oxygen atoms in total. The molecular weight excluding hydrogens is 394 g/mol. The van der Waals surface area contributed by atoms with Crippen molar-refractivity contribution in [2.75, 3.05) is 4.72 Å². The van der Waals surface area contributed by atoms with Crippen LogP contribution in [0.3, 0.4) is 0 Å². The van der Waals surface area contributed by atoms with Crippen molar-refractivity contribution in [2.45, 2.75) is 18.7 Å². The fourth-order valence-corrected chi connectivity index (χ4v) is 4.57. The normalized spacial score (nSPS) is 11.7. The van der Waals surface area contributed by atoms with Crippen LogP contribution in [0.4, 0.5) is 5.69 Å². The summed E-state index contributed by atoms with van der Waals surface area (Å²) in [6.45, 7) is 3.76. The number of nitrogens with zero attached hydrogens (tertiary/aromatic N) is 2. The molecule has 0 unspecified atom stereocenters. The predicted molar refractivity (Wildman–Crippen MR) is 112 cm³/mol. The van der Waals surface area contributed by atoms with E-state index in [1.165, 1.54) is 6.07 Å². The Balaban J connectivity index is 1.61. The van der Waals surface area contributed by atoms with Crippen molar-refractivity contribution in [1.82, 2.24) is 9.38 Å². The van der Waals surface area contributed by atoms with Gasteiger partial charge in [0, 0.05) is 28.7 Å². The number of benzene rings is 2. The first-order valence-electron chi connectivity index (χ1n) is 8.67. The number of halogens is 1. The molecule has 0 aliphatic carbocycles. The van der Waals surface area contributed by atoms with E-state index in [1.54, 1.807) is 31.2 Å². The average Bonchev–Trinajstić information content (AvgIpc) is 3.07. The third-order valence-corrected chi connectivity index (χ3v) is 6.25. The molecule has 7 heteroatoms. The summed E-state index contributed by atoms with van der Waals surface area (Å²) in [5.41, 5.74) is 4.85. The quantitative estimate of drug-likeness (QED) is 0.509. The Morgan fingerprint density at radius 1 is 1.00 bits per heavy atom. The molecule has 0 aliphatic rings. The van der Waals surface area contributed by atoms with Crippen LogP contribution in [0.1, 0.15) is 11.1 Å². The molecule has 4 aromatic rings. The average molecular weight is 412 g/mol. The largest absolute Gasteiger partial charge is 0.306 e. The lowest BCUT2D eigenvalue weighted by atomic mass is 10.1. The Morgan fingerprint density at radius 2 is 1.75 bits per heavy atom. The number of imidazole rings is 1. The molecule has 0 aliphatic heterocycles. The van der Waals surface area contributed by atoms with Crippen LogP contribution >= 0.6 is 11.6 Å². The molecule has 0 spiro atoms. The van der Waals surface area contributed by atoms with E-state index < -0.39 is 10.0 Å². The third-order valence-electron chi connectivity index (χ3n) is 4.49. The van der Waals surface area contributed by atoms with E-state index in [4.69, 9.17) is 11.6 Å². The summed E-state index contributed by atoms with van der Waals surface area (Å²) in [7, 11) is -3.72. The van der Waals surface area contributed by atoms with Gasteiger partial charge in [0.1, 0.15) is 5.65 Å². The minimum Gasteiger partial charge on any atom is -0.306 e. The maximum absolute atomic E-state index is 12.7. The van der Waals surface area contributed by atoms with Crippen LogP contribution in [0.15, 0.2) is 71.9 Å². The fourth-order valence-electron chi connectivity index (χ4n) is 3.01. The molecule has 0 saturated carbocycles. The molecule has 0 radical (unpaired) electrons. The Labute approximate surface area is 168 Å². The van der Waals surface area contributed by atoms with E-state index in [9.17, 15) is 8.42 Å². The Morgan fingerprint density at radius 3 is 2.50 bits per heavy atom. The van der Waals surface area contributed by atoms with E-state index >= 15 is 0 Å². The van der Waals surface area contributed by atoms with Gasteiger partial charge < -0.3 is 4.40 Å². The summed E-state index contributed by atoms with van der Waals surface area (Å²) in [6.07, 6.45) is 3.92. The van der Waals surface area contributed by atoms with Crippen LogP contribution in [0.25, 0.3) is 16.9 Å². The van der Waals surface area contributed by atoms with Crippen LogP contribution in [-0.4, -0.2) is 17.8 Å². The smallest absolute Gasteiger partial charge is 0.262 e. The highest BCUT2D eigenvalue weighted by molar-refractivity contribution is 7.92. The summed E-state index contributed by atoms with van der Waals surface area (Å²) < 4.78 is 29.9. The number of sulfonamides is 1. The van der Waals surface area contributed by atoms with Crippen molar-refractivity contribution < 1.29 is 8.42 Å². The Hall–Kier alpha value is -2.83. The molecule has 142 valence electrons. The summed E-state index contributed by atoms with van der Waals surface area (Å²) in [4.78, 5) is 4.79. The number of hydrogen-bond acceptors (Lipinski definition) is 3. The molecule has 2 aromatic carbocycles. The first-order chi connectivity index (χ1) is 13.3. The van der Waals surface area contributed by atoms with Crippen LogP contribution in [-0.2, 0) is 10.0 Å². The Kier molecular flexibility index (Phi) is 4.61. The standard InChI is InChI=1S/C21H18ClN3O2S/c1-14-9-10-25-13-19(23-21(25)11-14)16-4-7-18(8-5-16)24-28(26,27)20-12-17(22)6-3-15(20)2/h3-13,24H,1-2H3. The highest BCUT2D eigenvalue weighted by atomic mass is 35.5. The maximum Gasteiger partial charge on any atom is 0.262 e. The van der Waals surface area contributed by atoms with Gasteiger partial charge in [-0.2, -0.15) is 0 Å². The van der Waals surface area contributed by atoms with E-state index in [-0.39, 0.29) is 4.90 Å². The highest BCUT2D eigenvalue weighted by Crippen LogP contribution is 2.25. The molecule has 0 atom stereocenters. The summed E-state index contributed by atoms with van der Waals surface area (Å²) >= 11 is 5.96. The van der Waals surface area contributed by atoms with Crippen LogP contribution < -0.4 is 4.72 Å². The Bertz CT molecular complexity index is 1280. The van der Waals surface area contributed by atoms with Gasteiger partial charge in [0.05, 0.1) is 10.6 Å². The molecule has 2 heterocycles. The summed E-state index contributed by atoms with van der Waals surface area (Å²) in [5.74, 6) is 0. The van der Waals surface area contributed by atoms with Gasteiger partial charge in [-0.05, 0) is 61.4 Å². The maximum atomic E-state index is 12.7. The van der Waals surface area contributed by atoms with Gasteiger partial charge in [-0.1, -0.05) is 29.8 Å². The molecule has 2 aromatic heterocycles. The zero-order valence-corrected chi connectivity index (χ0v) is 16.9. The number of anilines is 1. The van der Waals surface area contributed by atoms with Crippen molar-refractivity contribution in [3.05, 3.63) is 83.1 Å². The first-order valence-corrected chi connectivity index (χ1v) is 10.5. The minimum absolute atomic E-state index is 0.166. The molecule has 0 amide bonds. The van der Waals surface area contributed by atoms with E-state index in [2.05, 4.69) is 9.71 Å². The number of aromatic nitrogens is 2. The molecule has 0 saturated heterocycles. The van der Waals surface area contributed by atoms with Crippen molar-refractivity contribution in [2.24, 2.45) is 0 Å². The van der Waals surface area contributed by atoms with Crippen molar-refractivity contribution >= 4 is 33.0 Å². The number of aryl methyl sites for hydroxylation is 2. The molecular formula is C21H18ClN3O2S. The van der Waals surface area contributed by atoms with E-state index in [1.807, 2.05) is 48.0 Å². The fraction of sp³-hybridized carbons (Fsp3) is 0.0952. The topological polar surface area (TPSA) is 63.5 Å². The van der Waals surface area contributed by atoms with Crippen LogP contribution in [0.5, 0.6) is 0 Å². The molecule has 0 fully saturated rings. The predicted octanol–water partition coefficient (Wildman–Crippen LogP) is 5.07. The second-order valence-corrected chi connectivity index (χ2v) is 8.78. The van der Waals surface area contributed by atoms with Gasteiger partial charge in [-0.15, -0.1) is 0 Å². The molecule has 1 N–H and O–H groups in total. The minimum atomic E-state index is -3.72. The molecule has 28 heavy (non-hydrogen) atoms. The van der Waals surface area contributed by atoms with Gasteiger partial charge >= 0.3 is 0 Å². The van der Waals surface area contributed by atoms with Gasteiger partial charge in [-0.25, -0.2) is 13.4 Å². The zero-order chi connectivity index (χ0) is 19.9. The lowest BCUT2D eigenvalue weighted by Crippen LogP contribution is -2.14. The van der Waals surface area contributed by atoms with E-state index in [0.29, 0.717) is 16.3 Å². The van der Waals surface area contributed by atoms with Gasteiger partial charge in [0.2, 0.25) is 0 Å². The summed E-state index contributed by atoms with van der Waals surface area (Å²) in [6, 6.07) is 16.0. The van der Waals surface area contributed by atoms with Gasteiger partial charge in [0.25, 0.3) is 10.0 Å². The van der Waals surface area contributed by atoms with Gasteiger partial charge in [0.15, 0.2) is 0 Å². The van der Waals surface area contributed by atoms with Crippen molar-refractivity contribution in [1.29, 1.82) is 0 Å². The number of nitrogens with one attached hydrogen (secondary N) is 1. The number of fused-ring (bicyclic) bond motifs is 1. The number of rotatable bonds is 4. The number of pyridine rings is 1. The third kappa shape index (κ3) is 3.61.